The molecular formula is C18H25N5O2. The summed E-state index contributed by atoms with van der Waals surface area (Å²) in [6.45, 7) is 2.49. The van der Waals surface area contributed by atoms with Crippen LogP contribution in [0, 0.1) is 0 Å². The molecule has 134 valence electrons. The van der Waals surface area contributed by atoms with Crippen molar-refractivity contribution in [3.63, 3.8) is 0 Å². The molecule has 0 aliphatic carbocycles. The van der Waals surface area contributed by atoms with Crippen molar-refractivity contribution in [2.45, 2.75) is 25.8 Å². The Kier molecular flexibility index (Phi) is 6.56. The van der Waals surface area contributed by atoms with Crippen molar-refractivity contribution in [1.82, 2.24) is 19.8 Å². The van der Waals surface area contributed by atoms with Crippen LogP contribution < -0.4 is 10.6 Å². The molecule has 0 fully saturated rings. The molecule has 7 nitrogen and oxygen atoms in total. The van der Waals surface area contributed by atoms with Crippen molar-refractivity contribution < 1.29 is 9.59 Å². The maximum absolute atomic E-state index is 12.2. The van der Waals surface area contributed by atoms with E-state index >= 15 is 0 Å². The average molecular weight is 343 g/mol. The van der Waals surface area contributed by atoms with Crippen LogP contribution in [0.25, 0.3) is 0 Å². The van der Waals surface area contributed by atoms with Gasteiger partial charge in [0.1, 0.15) is 0 Å². The maximum atomic E-state index is 12.2. The number of aryl methyl sites for hydroxylation is 1. The molecule has 1 unspecified atom stereocenters. The predicted molar refractivity (Wildman–Crippen MR) is 97.4 cm³/mol. The van der Waals surface area contributed by atoms with Crippen molar-refractivity contribution in [2.24, 2.45) is 0 Å². The molecule has 3 amide bonds. The van der Waals surface area contributed by atoms with Gasteiger partial charge in [0.2, 0.25) is 5.91 Å². The number of nitrogens with zero attached hydrogens (tertiary/aromatic N) is 3. The molecule has 0 spiro atoms. The van der Waals surface area contributed by atoms with Crippen LogP contribution in [0.1, 0.15) is 24.9 Å². The summed E-state index contributed by atoms with van der Waals surface area (Å²) in [4.78, 5) is 29.5. The van der Waals surface area contributed by atoms with Gasteiger partial charge in [0.15, 0.2) is 0 Å². The molecular weight excluding hydrogens is 318 g/mol. The summed E-state index contributed by atoms with van der Waals surface area (Å²) in [6.07, 6.45) is 6.29. The Morgan fingerprint density at radius 3 is 2.72 bits per heavy atom. The van der Waals surface area contributed by atoms with Crippen LogP contribution in [0.2, 0.25) is 0 Å². The summed E-state index contributed by atoms with van der Waals surface area (Å²) in [6, 6.07) is 7.38. The van der Waals surface area contributed by atoms with Gasteiger partial charge < -0.3 is 20.1 Å². The molecule has 1 aromatic carbocycles. The van der Waals surface area contributed by atoms with E-state index in [0.29, 0.717) is 19.4 Å². The van der Waals surface area contributed by atoms with Crippen molar-refractivity contribution in [1.29, 1.82) is 0 Å². The van der Waals surface area contributed by atoms with Gasteiger partial charge in [0.25, 0.3) is 0 Å². The first-order chi connectivity index (χ1) is 12.0. The lowest BCUT2D eigenvalue weighted by atomic mass is 10.1. The molecule has 25 heavy (non-hydrogen) atoms. The first-order valence-electron chi connectivity index (χ1n) is 8.27. The van der Waals surface area contributed by atoms with Crippen molar-refractivity contribution in [3.05, 3.63) is 48.5 Å². The summed E-state index contributed by atoms with van der Waals surface area (Å²) >= 11 is 0. The van der Waals surface area contributed by atoms with Gasteiger partial charge in [0.05, 0.1) is 6.33 Å². The van der Waals surface area contributed by atoms with Crippen LogP contribution in [0.3, 0.4) is 0 Å². The van der Waals surface area contributed by atoms with E-state index < -0.39 is 0 Å². The first kappa shape index (κ1) is 18.5. The lowest BCUT2D eigenvalue weighted by Crippen LogP contribution is -2.33. The van der Waals surface area contributed by atoms with E-state index in [4.69, 9.17) is 0 Å². The van der Waals surface area contributed by atoms with Gasteiger partial charge in [-0.1, -0.05) is 18.2 Å². The molecule has 0 saturated heterocycles. The van der Waals surface area contributed by atoms with Gasteiger partial charge >= 0.3 is 6.03 Å². The highest BCUT2D eigenvalue weighted by Crippen LogP contribution is 2.17. The second-order valence-electron chi connectivity index (χ2n) is 6.14. The van der Waals surface area contributed by atoms with Gasteiger partial charge in [-0.25, -0.2) is 9.78 Å². The Morgan fingerprint density at radius 1 is 1.28 bits per heavy atom. The number of hydrogen-bond donors (Lipinski definition) is 2. The predicted octanol–water partition coefficient (Wildman–Crippen LogP) is 2.29. The number of rotatable bonds is 7. The molecule has 2 aromatic rings. The number of aromatic nitrogens is 2. The van der Waals surface area contributed by atoms with Gasteiger partial charge in [0, 0.05) is 51.2 Å². The topological polar surface area (TPSA) is 79.3 Å². The lowest BCUT2D eigenvalue weighted by Gasteiger charge is -2.16. The molecule has 0 bridgehead atoms. The Bertz CT molecular complexity index is 697. The third-order valence-electron chi connectivity index (χ3n) is 3.96. The minimum Gasteiger partial charge on any atom is -0.349 e. The summed E-state index contributed by atoms with van der Waals surface area (Å²) < 4.78 is 1.93. The maximum Gasteiger partial charge on any atom is 0.319 e. The van der Waals surface area contributed by atoms with E-state index in [2.05, 4.69) is 15.6 Å². The van der Waals surface area contributed by atoms with Crippen molar-refractivity contribution >= 4 is 17.6 Å². The summed E-state index contributed by atoms with van der Waals surface area (Å²) in [5.41, 5.74) is 1.66. The number of anilines is 1. The van der Waals surface area contributed by atoms with Crippen LogP contribution >= 0.6 is 0 Å². The fourth-order valence-corrected chi connectivity index (χ4v) is 2.37. The highest BCUT2D eigenvalue weighted by atomic mass is 16.2. The third-order valence-corrected chi connectivity index (χ3v) is 3.96. The number of urea groups is 1. The fraction of sp³-hybridized carbons (Fsp3) is 0.389. The molecule has 2 rings (SSSR count). The zero-order valence-corrected chi connectivity index (χ0v) is 14.9. The number of hydrogen-bond acceptors (Lipinski definition) is 3. The van der Waals surface area contributed by atoms with Crippen LogP contribution in [-0.2, 0) is 11.2 Å². The number of imidazole rings is 1. The molecule has 2 N–H and O–H groups in total. The fourth-order valence-electron chi connectivity index (χ4n) is 2.37. The first-order valence-corrected chi connectivity index (χ1v) is 8.27. The number of nitrogens with one attached hydrogen (secondary N) is 2. The van der Waals surface area contributed by atoms with Crippen LogP contribution in [0.15, 0.2) is 43.0 Å². The number of para-hydroxylation sites is 1. The minimum atomic E-state index is -0.265. The molecule has 1 aromatic heterocycles. The SMILES string of the molecule is CC(CNC(=O)Nc1ccccc1CCC(=O)N(C)C)n1ccnc1. The quantitative estimate of drug-likeness (QED) is 0.809. The molecule has 0 aliphatic heterocycles. The normalized spacial score (nSPS) is 11.6. The van der Waals surface area contributed by atoms with Gasteiger partial charge in [-0.2, -0.15) is 0 Å². The number of carbonyl (C=O) groups excluding carboxylic acids is 2. The standard InChI is InChI=1S/C18H25N5O2/c1-14(23-11-10-19-13-23)12-20-18(25)21-16-7-5-4-6-15(16)8-9-17(24)22(2)3/h4-7,10-11,13-14H,8-9,12H2,1-3H3,(H2,20,21,25). The molecule has 0 saturated carbocycles. The molecule has 0 radical (unpaired) electrons. The number of amides is 3. The van der Waals surface area contributed by atoms with Crippen LogP contribution in [0.4, 0.5) is 10.5 Å². The Morgan fingerprint density at radius 2 is 2.04 bits per heavy atom. The monoisotopic (exact) mass is 343 g/mol. The number of benzene rings is 1. The molecule has 0 aliphatic rings. The van der Waals surface area contributed by atoms with E-state index in [1.807, 2.05) is 42.0 Å². The van der Waals surface area contributed by atoms with E-state index in [9.17, 15) is 9.59 Å². The van der Waals surface area contributed by atoms with Crippen LogP contribution in [-0.4, -0.2) is 47.0 Å². The van der Waals surface area contributed by atoms with Crippen molar-refractivity contribution in [2.75, 3.05) is 26.0 Å². The lowest BCUT2D eigenvalue weighted by molar-refractivity contribution is -0.128. The van der Waals surface area contributed by atoms with E-state index in [1.165, 1.54) is 0 Å². The van der Waals surface area contributed by atoms with E-state index in [1.54, 1.807) is 31.5 Å². The van der Waals surface area contributed by atoms with E-state index in [-0.39, 0.29) is 18.0 Å². The highest BCUT2D eigenvalue weighted by Gasteiger charge is 2.11. The smallest absolute Gasteiger partial charge is 0.319 e. The highest BCUT2D eigenvalue weighted by molar-refractivity contribution is 5.90. The van der Waals surface area contributed by atoms with E-state index in [0.717, 1.165) is 11.3 Å². The van der Waals surface area contributed by atoms with Gasteiger partial charge in [-0.3, -0.25) is 4.79 Å². The Labute approximate surface area is 148 Å². The summed E-state index contributed by atoms with van der Waals surface area (Å²) in [5, 5.41) is 5.72. The summed E-state index contributed by atoms with van der Waals surface area (Å²) in [5.74, 6) is 0.0633. The zero-order valence-electron chi connectivity index (χ0n) is 14.9. The minimum absolute atomic E-state index is 0.0633. The van der Waals surface area contributed by atoms with Gasteiger partial charge in [-0.15, -0.1) is 0 Å². The molecule has 1 atom stereocenters. The second-order valence-corrected chi connectivity index (χ2v) is 6.14. The summed E-state index contributed by atoms with van der Waals surface area (Å²) in [7, 11) is 3.47. The zero-order chi connectivity index (χ0) is 18.2. The Hall–Kier alpha value is -2.83. The largest absolute Gasteiger partial charge is 0.349 e. The average Bonchev–Trinajstić information content (AvgIpc) is 3.13. The van der Waals surface area contributed by atoms with Gasteiger partial charge in [-0.05, 0) is 25.0 Å². The van der Waals surface area contributed by atoms with Crippen LogP contribution in [0.5, 0.6) is 0 Å². The number of carbonyl (C=O) groups is 2. The third kappa shape index (κ3) is 5.63. The second kappa shape index (κ2) is 8.86. The molecule has 1 heterocycles. The molecule has 7 heteroatoms. The Balaban J connectivity index is 1.88. The van der Waals surface area contributed by atoms with Crippen molar-refractivity contribution in [3.8, 4) is 0 Å².